The predicted octanol–water partition coefficient (Wildman–Crippen LogP) is 8.29. The van der Waals surface area contributed by atoms with Gasteiger partial charge in [0.05, 0.1) is 17.5 Å². The monoisotopic (exact) mass is 619 g/mol. The average Bonchev–Trinajstić information content (AvgIpc) is 3.63. The number of nitrogens with one attached hydrogen (secondary N) is 3. The molecule has 4 heterocycles. The number of aromatic nitrogens is 5. The molecule has 1 aromatic carbocycles. The van der Waals surface area contributed by atoms with Crippen LogP contribution in [0.15, 0.2) is 61.3 Å². The molecule has 0 radical (unpaired) electrons. The Bertz CT molecular complexity index is 1770. The van der Waals surface area contributed by atoms with Crippen LogP contribution in [0.1, 0.15) is 75.8 Å². The largest absolute Gasteiger partial charge is 0.374 e. The number of H-pyrrole nitrogens is 2. The first kappa shape index (κ1) is 33.4. The molecule has 0 fully saturated rings. The van der Waals surface area contributed by atoms with E-state index in [-0.39, 0.29) is 5.41 Å². The lowest BCUT2D eigenvalue weighted by molar-refractivity contribution is 0.234. The van der Waals surface area contributed by atoms with E-state index in [9.17, 15) is 0 Å². The molecule has 1 unspecified atom stereocenters. The molecule has 7 nitrogen and oxygen atoms in total. The fourth-order valence-corrected chi connectivity index (χ4v) is 6.47. The number of benzene rings is 1. The lowest BCUT2D eigenvalue weighted by Gasteiger charge is -2.39. The van der Waals surface area contributed by atoms with Gasteiger partial charge in [-0.15, -0.1) is 0 Å². The molecule has 0 spiro atoms. The summed E-state index contributed by atoms with van der Waals surface area (Å²) in [6.45, 7) is 26.6. The molecule has 0 saturated heterocycles. The molecule has 0 amide bonds. The second-order valence-corrected chi connectivity index (χ2v) is 14.2. The number of aromatic amines is 2. The lowest BCUT2D eigenvalue weighted by atomic mass is 9.81. The van der Waals surface area contributed by atoms with E-state index in [0.717, 1.165) is 67.9 Å². The van der Waals surface area contributed by atoms with Gasteiger partial charge in [-0.2, -0.15) is 0 Å². The van der Waals surface area contributed by atoms with Gasteiger partial charge >= 0.3 is 0 Å². The van der Waals surface area contributed by atoms with Crippen LogP contribution < -0.4 is 5.32 Å². The molecule has 5 aromatic rings. The van der Waals surface area contributed by atoms with Crippen LogP contribution >= 0.6 is 0 Å². The van der Waals surface area contributed by atoms with E-state index in [0.29, 0.717) is 11.8 Å². The number of rotatable bonds is 15. The van der Waals surface area contributed by atoms with Gasteiger partial charge in [-0.05, 0) is 98.1 Å². The Morgan fingerprint density at radius 1 is 0.935 bits per heavy atom. The molecule has 46 heavy (non-hydrogen) atoms. The van der Waals surface area contributed by atoms with E-state index in [2.05, 4.69) is 122 Å². The highest BCUT2D eigenvalue weighted by Crippen LogP contribution is 2.37. The van der Waals surface area contributed by atoms with Crippen molar-refractivity contribution in [2.24, 2.45) is 11.8 Å². The molecule has 0 bridgehead atoms. The third-order valence-electron chi connectivity index (χ3n) is 9.38. The average molecular weight is 620 g/mol. The zero-order chi connectivity index (χ0) is 33.0. The van der Waals surface area contributed by atoms with Gasteiger partial charge in [0.1, 0.15) is 5.65 Å². The van der Waals surface area contributed by atoms with Crippen molar-refractivity contribution in [3.05, 3.63) is 89.1 Å². The van der Waals surface area contributed by atoms with Gasteiger partial charge in [0.15, 0.2) is 5.65 Å². The summed E-state index contributed by atoms with van der Waals surface area (Å²) in [4.78, 5) is 23.1. The molecular weight excluding hydrogens is 566 g/mol. The quantitative estimate of drug-likeness (QED) is 0.103. The van der Waals surface area contributed by atoms with Crippen LogP contribution in [0.3, 0.4) is 0 Å². The van der Waals surface area contributed by atoms with E-state index < -0.39 is 0 Å². The summed E-state index contributed by atoms with van der Waals surface area (Å²) in [5.74, 6) is 1.17. The van der Waals surface area contributed by atoms with E-state index in [1.54, 1.807) is 6.33 Å². The number of allylic oxidation sites excluding steroid dienone is 1. The predicted molar refractivity (Wildman–Crippen MR) is 193 cm³/mol. The summed E-state index contributed by atoms with van der Waals surface area (Å²) in [5.41, 5.74) is 12.2. The maximum Gasteiger partial charge on any atom is 0.177 e. The van der Waals surface area contributed by atoms with Crippen molar-refractivity contribution >= 4 is 22.2 Å². The minimum absolute atomic E-state index is 0.264. The van der Waals surface area contributed by atoms with Crippen molar-refractivity contribution in [3.8, 4) is 11.3 Å². The van der Waals surface area contributed by atoms with E-state index in [4.69, 9.17) is 11.6 Å². The molecule has 7 heteroatoms. The van der Waals surface area contributed by atoms with E-state index in [1.807, 2.05) is 6.20 Å². The lowest BCUT2D eigenvalue weighted by Crippen LogP contribution is -2.38. The molecule has 3 N–H and O–H groups in total. The highest BCUT2D eigenvalue weighted by molar-refractivity contribution is 5.89. The number of pyridine rings is 2. The fraction of sp³-hybridized carbons (Fsp3) is 0.462. The molecule has 0 saturated carbocycles. The minimum atomic E-state index is -0.264. The van der Waals surface area contributed by atoms with Gasteiger partial charge in [-0.3, -0.25) is 0 Å². The van der Waals surface area contributed by atoms with Crippen molar-refractivity contribution in [2.75, 3.05) is 26.2 Å². The molecule has 0 aliphatic heterocycles. The van der Waals surface area contributed by atoms with Crippen molar-refractivity contribution in [1.29, 1.82) is 0 Å². The first-order valence-corrected chi connectivity index (χ1v) is 17.0. The Balaban J connectivity index is 1.42. The van der Waals surface area contributed by atoms with Gasteiger partial charge in [-0.1, -0.05) is 71.7 Å². The summed E-state index contributed by atoms with van der Waals surface area (Å²) in [7, 11) is 0. The number of fused-ring (bicyclic) bond motifs is 2. The summed E-state index contributed by atoms with van der Waals surface area (Å²) in [6.07, 6.45) is 8.63. The Labute approximate surface area is 275 Å². The van der Waals surface area contributed by atoms with Crippen LogP contribution in [0.25, 0.3) is 33.5 Å². The second-order valence-electron chi connectivity index (χ2n) is 14.2. The Kier molecular flexibility index (Phi) is 10.3. The number of hydrogen-bond acceptors (Lipinski definition) is 5. The molecule has 0 aliphatic rings. The highest BCUT2D eigenvalue weighted by Gasteiger charge is 2.30. The smallest absolute Gasteiger partial charge is 0.177 e. The summed E-state index contributed by atoms with van der Waals surface area (Å²) >= 11 is 0. The topological polar surface area (TPSA) is 85.5 Å². The molecule has 1 atom stereocenters. The summed E-state index contributed by atoms with van der Waals surface area (Å²) in [6, 6.07) is 11.3. The van der Waals surface area contributed by atoms with Crippen molar-refractivity contribution in [1.82, 2.24) is 35.1 Å². The van der Waals surface area contributed by atoms with Crippen molar-refractivity contribution in [2.45, 2.75) is 80.1 Å². The van der Waals surface area contributed by atoms with Crippen LogP contribution in [0.2, 0.25) is 0 Å². The maximum atomic E-state index is 5.03. The molecule has 0 aliphatic carbocycles. The third kappa shape index (κ3) is 7.52. The van der Waals surface area contributed by atoms with Gasteiger partial charge in [-0.25, -0.2) is 15.0 Å². The Morgan fingerprint density at radius 3 is 2.39 bits per heavy atom. The zero-order valence-corrected chi connectivity index (χ0v) is 29.2. The van der Waals surface area contributed by atoms with E-state index in [1.165, 1.54) is 44.5 Å². The standard InChI is InChI=1S/C39H53N7/c1-10-26(4)23-46(22-25(2)3)29(7)39(8,9)32-19-34-33(12-14-40-13-11-30-18-35-38(41-20-30)44-24-43-35)36(45-37(34)42-21-32)31-16-27(5)15-28(6)17-31/h15-21,24-26,40H,7,10-14,22-23H2,1-6,8-9H3,(H,42,45)(H,41,43,44). The molecule has 4 aromatic heterocycles. The van der Waals surface area contributed by atoms with Crippen LogP contribution in [-0.4, -0.2) is 56.0 Å². The van der Waals surface area contributed by atoms with Gasteiger partial charge in [0.25, 0.3) is 0 Å². The normalized spacial score (nSPS) is 12.8. The van der Waals surface area contributed by atoms with Crippen LogP contribution in [0, 0.1) is 25.7 Å². The number of aryl methyl sites for hydroxylation is 2. The second kappa shape index (κ2) is 14.2. The first-order chi connectivity index (χ1) is 22.0. The molecule has 244 valence electrons. The van der Waals surface area contributed by atoms with Gasteiger partial charge in [0.2, 0.25) is 0 Å². The minimum Gasteiger partial charge on any atom is -0.374 e. The zero-order valence-electron chi connectivity index (χ0n) is 29.2. The van der Waals surface area contributed by atoms with Gasteiger partial charge in [0, 0.05) is 42.0 Å². The summed E-state index contributed by atoms with van der Waals surface area (Å²) in [5, 5.41) is 4.89. The fourth-order valence-electron chi connectivity index (χ4n) is 6.47. The molecular formula is C39H53N7. The van der Waals surface area contributed by atoms with Crippen LogP contribution in [0.5, 0.6) is 0 Å². The maximum absolute atomic E-state index is 5.03. The number of imidazole rings is 1. The molecule has 5 rings (SSSR count). The van der Waals surface area contributed by atoms with Crippen LogP contribution in [0.4, 0.5) is 0 Å². The van der Waals surface area contributed by atoms with Gasteiger partial charge < -0.3 is 20.2 Å². The SMILES string of the molecule is C=C(N(CC(C)C)CC(C)CC)C(C)(C)c1cnc2[nH]c(-c3cc(C)cc(C)c3)c(CCNCCc3cnc4nc[nH]c4c3)c2c1. The highest BCUT2D eigenvalue weighted by atomic mass is 15.1. The number of hydrogen-bond donors (Lipinski definition) is 3. The summed E-state index contributed by atoms with van der Waals surface area (Å²) < 4.78 is 0. The Morgan fingerprint density at radius 2 is 1.67 bits per heavy atom. The number of nitrogens with zero attached hydrogens (tertiary/aromatic N) is 4. The van der Waals surface area contributed by atoms with Crippen molar-refractivity contribution in [3.63, 3.8) is 0 Å². The first-order valence-electron chi connectivity index (χ1n) is 17.0. The van der Waals surface area contributed by atoms with E-state index >= 15 is 0 Å². The van der Waals surface area contributed by atoms with Crippen molar-refractivity contribution < 1.29 is 0 Å². The third-order valence-corrected chi connectivity index (χ3v) is 9.38. The van der Waals surface area contributed by atoms with Crippen LogP contribution in [-0.2, 0) is 18.3 Å². The Hall–Kier alpha value is -3.97.